The summed E-state index contributed by atoms with van der Waals surface area (Å²) < 4.78 is 0. The van der Waals surface area contributed by atoms with Crippen molar-refractivity contribution >= 4 is 22.4 Å². The lowest BCUT2D eigenvalue weighted by Gasteiger charge is -2.31. The van der Waals surface area contributed by atoms with Crippen LogP contribution < -0.4 is 10.2 Å². The topological polar surface area (TPSA) is 58.1 Å². The maximum atomic E-state index is 12.2. The monoisotopic (exact) mass is 336 g/mol. The van der Waals surface area contributed by atoms with Crippen LogP contribution in [0, 0.1) is 5.92 Å². The van der Waals surface area contributed by atoms with E-state index in [1.165, 1.54) is 25.7 Å². The van der Waals surface area contributed by atoms with Crippen molar-refractivity contribution < 1.29 is 4.79 Å². The molecule has 0 atom stereocenters. The predicted octanol–water partition coefficient (Wildman–Crippen LogP) is 3.33. The fourth-order valence-corrected chi connectivity index (χ4v) is 4.43. The summed E-state index contributed by atoms with van der Waals surface area (Å²) in [5.74, 6) is 1.22. The molecule has 1 aromatic rings. The summed E-state index contributed by atoms with van der Waals surface area (Å²) in [6.45, 7) is 6.29. The molecular weight excluding hydrogens is 308 g/mol. The van der Waals surface area contributed by atoms with Gasteiger partial charge in [0.1, 0.15) is 5.01 Å². The molecule has 1 aliphatic carbocycles. The van der Waals surface area contributed by atoms with Gasteiger partial charge in [0.2, 0.25) is 11.0 Å². The quantitative estimate of drug-likeness (QED) is 0.896. The average Bonchev–Trinajstić information content (AvgIpc) is 3.19. The molecule has 5 nitrogen and oxygen atoms in total. The van der Waals surface area contributed by atoms with Gasteiger partial charge in [-0.25, -0.2) is 0 Å². The van der Waals surface area contributed by atoms with Crippen molar-refractivity contribution in [2.24, 2.45) is 5.92 Å². The second-order valence-electron chi connectivity index (χ2n) is 7.26. The van der Waals surface area contributed by atoms with Crippen LogP contribution in [0.15, 0.2) is 0 Å². The lowest BCUT2D eigenvalue weighted by Crippen LogP contribution is -2.38. The summed E-state index contributed by atoms with van der Waals surface area (Å²) in [6.07, 6.45) is 7.72. The van der Waals surface area contributed by atoms with Gasteiger partial charge in [-0.2, -0.15) is 0 Å². The second kappa shape index (κ2) is 7.60. The predicted molar refractivity (Wildman–Crippen MR) is 94.0 cm³/mol. The largest absolute Gasteiger partial charge is 0.353 e. The molecule has 1 aromatic heterocycles. The number of nitrogens with zero attached hydrogens (tertiary/aromatic N) is 3. The van der Waals surface area contributed by atoms with Crippen molar-refractivity contribution in [1.29, 1.82) is 0 Å². The fourth-order valence-electron chi connectivity index (χ4n) is 3.53. The minimum absolute atomic E-state index is 0.258. The van der Waals surface area contributed by atoms with Crippen molar-refractivity contribution in [3.8, 4) is 0 Å². The van der Waals surface area contributed by atoms with E-state index in [0.717, 1.165) is 36.1 Å². The number of hydrogen-bond acceptors (Lipinski definition) is 5. The van der Waals surface area contributed by atoms with Gasteiger partial charge < -0.3 is 10.2 Å². The molecule has 0 aromatic carbocycles. The Balaban J connectivity index is 1.43. The zero-order valence-electron chi connectivity index (χ0n) is 14.3. The Hall–Kier alpha value is -1.17. The molecule has 0 spiro atoms. The zero-order valence-corrected chi connectivity index (χ0v) is 15.1. The number of nitrogens with one attached hydrogen (secondary N) is 1. The van der Waals surface area contributed by atoms with Gasteiger partial charge in [0.05, 0.1) is 0 Å². The standard InChI is InChI=1S/C17H28N4OS/c1-12(2)16-19-20-17(23-16)21-9-7-13(8-10-21)11-15(22)18-14-5-3-4-6-14/h12-14H,3-11H2,1-2H3,(H,18,22). The molecule has 2 fully saturated rings. The Morgan fingerprint density at radius 1 is 1.22 bits per heavy atom. The van der Waals surface area contributed by atoms with E-state index in [0.29, 0.717) is 24.3 Å². The maximum Gasteiger partial charge on any atom is 0.220 e. The normalized spacial score (nSPS) is 20.4. The molecule has 0 bridgehead atoms. The Labute approximate surface area is 142 Å². The Morgan fingerprint density at radius 3 is 2.52 bits per heavy atom. The van der Waals surface area contributed by atoms with E-state index in [4.69, 9.17) is 0 Å². The molecule has 1 amide bonds. The van der Waals surface area contributed by atoms with E-state index in [1.54, 1.807) is 11.3 Å². The van der Waals surface area contributed by atoms with Crippen LogP contribution in [-0.4, -0.2) is 35.2 Å². The van der Waals surface area contributed by atoms with Crippen molar-refractivity contribution in [1.82, 2.24) is 15.5 Å². The lowest BCUT2D eigenvalue weighted by molar-refractivity contribution is -0.122. The molecule has 6 heteroatoms. The number of aromatic nitrogens is 2. The SMILES string of the molecule is CC(C)c1nnc(N2CCC(CC(=O)NC3CCCC3)CC2)s1. The molecule has 1 aliphatic heterocycles. The highest BCUT2D eigenvalue weighted by Crippen LogP contribution is 2.30. The van der Waals surface area contributed by atoms with Gasteiger partial charge in [-0.15, -0.1) is 10.2 Å². The Bertz CT molecular complexity index is 516. The van der Waals surface area contributed by atoms with Gasteiger partial charge in [-0.3, -0.25) is 4.79 Å². The van der Waals surface area contributed by atoms with Crippen LogP contribution in [0.4, 0.5) is 5.13 Å². The third-order valence-corrected chi connectivity index (χ3v) is 6.29. The molecular formula is C17H28N4OS. The highest BCUT2D eigenvalue weighted by Gasteiger charge is 2.25. The molecule has 3 rings (SSSR count). The third kappa shape index (κ3) is 4.43. The van der Waals surface area contributed by atoms with Gasteiger partial charge in [-0.1, -0.05) is 38.0 Å². The summed E-state index contributed by atoms with van der Waals surface area (Å²) in [5.41, 5.74) is 0. The first-order chi connectivity index (χ1) is 11.1. The Morgan fingerprint density at radius 2 is 1.91 bits per heavy atom. The smallest absolute Gasteiger partial charge is 0.220 e. The number of carbonyl (C=O) groups excluding carboxylic acids is 1. The van der Waals surface area contributed by atoms with Crippen molar-refractivity contribution in [2.45, 2.75) is 70.8 Å². The molecule has 2 heterocycles. The summed E-state index contributed by atoms with van der Waals surface area (Å²) in [4.78, 5) is 14.5. The molecule has 0 radical (unpaired) electrons. The third-order valence-electron chi connectivity index (χ3n) is 5.00. The summed E-state index contributed by atoms with van der Waals surface area (Å²) in [6, 6.07) is 0.443. The number of piperidine rings is 1. The number of anilines is 1. The van der Waals surface area contributed by atoms with Gasteiger partial charge in [0, 0.05) is 31.5 Å². The number of rotatable bonds is 5. The van der Waals surface area contributed by atoms with E-state index in [9.17, 15) is 4.79 Å². The first kappa shape index (κ1) is 16.7. The van der Waals surface area contributed by atoms with E-state index in [1.807, 2.05) is 0 Å². The molecule has 1 N–H and O–H groups in total. The van der Waals surface area contributed by atoms with E-state index in [-0.39, 0.29) is 5.91 Å². The van der Waals surface area contributed by atoms with Crippen molar-refractivity contribution in [2.75, 3.05) is 18.0 Å². The average molecular weight is 337 g/mol. The summed E-state index contributed by atoms with van der Waals surface area (Å²) >= 11 is 1.71. The van der Waals surface area contributed by atoms with Crippen LogP contribution in [0.1, 0.15) is 69.7 Å². The highest BCUT2D eigenvalue weighted by atomic mass is 32.1. The first-order valence-corrected chi connectivity index (χ1v) is 9.81. The molecule has 1 saturated carbocycles. The van der Waals surface area contributed by atoms with Crippen LogP contribution in [0.3, 0.4) is 0 Å². The number of carbonyl (C=O) groups is 1. The molecule has 128 valence electrons. The minimum atomic E-state index is 0.258. The first-order valence-electron chi connectivity index (χ1n) is 8.99. The molecule has 23 heavy (non-hydrogen) atoms. The highest BCUT2D eigenvalue weighted by molar-refractivity contribution is 7.15. The van der Waals surface area contributed by atoms with Crippen LogP contribution in [0.25, 0.3) is 0 Å². The molecule has 0 unspecified atom stereocenters. The van der Waals surface area contributed by atoms with Gasteiger partial charge >= 0.3 is 0 Å². The van der Waals surface area contributed by atoms with Gasteiger partial charge in [0.25, 0.3) is 0 Å². The van der Waals surface area contributed by atoms with E-state index >= 15 is 0 Å². The number of hydrogen-bond donors (Lipinski definition) is 1. The Kier molecular flexibility index (Phi) is 5.51. The van der Waals surface area contributed by atoms with Crippen LogP contribution in [0.2, 0.25) is 0 Å². The van der Waals surface area contributed by atoms with Crippen molar-refractivity contribution in [3.05, 3.63) is 5.01 Å². The molecule has 1 saturated heterocycles. The fraction of sp³-hybridized carbons (Fsp3) is 0.824. The lowest BCUT2D eigenvalue weighted by atomic mass is 9.93. The van der Waals surface area contributed by atoms with Crippen LogP contribution in [-0.2, 0) is 4.79 Å². The molecule has 2 aliphatic rings. The summed E-state index contributed by atoms with van der Waals surface area (Å²) in [5, 5.41) is 14.0. The summed E-state index contributed by atoms with van der Waals surface area (Å²) in [7, 11) is 0. The van der Waals surface area contributed by atoms with Gasteiger partial charge in [-0.05, 0) is 31.6 Å². The van der Waals surface area contributed by atoms with Gasteiger partial charge in [0.15, 0.2) is 0 Å². The number of amides is 1. The van der Waals surface area contributed by atoms with Crippen LogP contribution >= 0.6 is 11.3 Å². The zero-order chi connectivity index (χ0) is 16.2. The van der Waals surface area contributed by atoms with E-state index < -0.39 is 0 Å². The maximum absolute atomic E-state index is 12.2. The van der Waals surface area contributed by atoms with E-state index in [2.05, 4.69) is 34.3 Å². The van der Waals surface area contributed by atoms with Crippen molar-refractivity contribution in [3.63, 3.8) is 0 Å². The van der Waals surface area contributed by atoms with Crippen LogP contribution in [0.5, 0.6) is 0 Å². The second-order valence-corrected chi connectivity index (χ2v) is 8.25. The minimum Gasteiger partial charge on any atom is -0.353 e.